The van der Waals surface area contributed by atoms with Gasteiger partial charge in [-0.1, -0.05) is 13.8 Å². The number of rotatable bonds is 5. The predicted molar refractivity (Wildman–Crippen MR) is 66.5 cm³/mol. The molecule has 0 bridgehead atoms. The van der Waals surface area contributed by atoms with E-state index in [1.807, 2.05) is 0 Å². The Balaban J connectivity index is 2.39. The van der Waals surface area contributed by atoms with Crippen molar-refractivity contribution in [2.75, 3.05) is 13.2 Å². The van der Waals surface area contributed by atoms with E-state index < -0.39 is 0 Å². The third kappa shape index (κ3) is 4.81. The normalized spacial score (nSPS) is 27.0. The van der Waals surface area contributed by atoms with Crippen molar-refractivity contribution in [3.05, 3.63) is 0 Å². The molecule has 96 valence electrons. The van der Waals surface area contributed by atoms with E-state index in [1.165, 1.54) is 0 Å². The first-order chi connectivity index (χ1) is 7.43. The Morgan fingerprint density at radius 2 is 2.12 bits per heavy atom. The van der Waals surface area contributed by atoms with Crippen LogP contribution in [0.2, 0.25) is 0 Å². The Kier molecular flexibility index (Phi) is 5.22. The van der Waals surface area contributed by atoms with Gasteiger partial charge in [-0.15, -0.1) is 0 Å². The smallest absolute Gasteiger partial charge is 0.0641 e. The van der Waals surface area contributed by atoms with E-state index >= 15 is 0 Å². The Hall–Kier alpha value is -0.120. The highest BCUT2D eigenvalue weighted by Crippen LogP contribution is 2.24. The van der Waals surface area contributed by atoms with Crippen molar-refractivity contribution >= 4 is 0 Å². The van der Waals surface area contributed by atoms with Crippen molar-refractivity contribution < 1.29 is 9.84 Å². The molecule has 0 aromatic carbocycles. The molecule has 1 rings (SSSR count). The lowest BCUT2D eigenvalue weighted by Gasteiger charge is -2.37. The molecular weight excluding hydrogens is 202 g/mol. The second-order valence-corrected chi connectivity index (χ2v) is 5.97. The summed E-state index contributed by atoms with van der Waals surface area (Å²) < 4.78 is 5.69. The summed E-state index contributed by atoms with van der Waals surface area (Å²) in [7, 11) is 0. The van der Waals surface area contributed by atoms with Gasteiger partial charge < -0.3 is 15.2 Å². The van der Waals surface area contributed by atoms with E-state index in [0.29, 0.717) is 12.0 Å². The van der Waals surface area contributed by atoms with Crippen LogP contribution in [0.25, 0.3) is 0 Å². The molecular formula is C13H27NO2. The fourth-order valence-electron chi connectivity index (χ4n) is 2.47. The van der Waals surface area contributed by atoms with Gasteiger partial charge in [-0.2, -0.15) is 0 Å². The summed E-state index contributed by atoms with van der Waals surface area (Å²) in [6.45, 7) is 9.71. The van der Waals surface area contributed by atoms with Gasteiger partial charge in [0.05, 0.1) is 12.2 Å². The van der Waals surface area contributed by atoms with Crippen LogP contribution in [0.5, 0.6) is 0 Å². The summed E-state index contributed by atoms with van der Waals surface area (Å²) in [6, 6.07) is 0.721. The molecule has 2 N–H and O–H groups in total. The van der Waals surface area contributed by atoms with Gasteiger partial charge >= 0.3 is 0 Å². The van der Waals surface area contributed by atoms with Crippen molar-refractivity contribution in [2.45, 2.75) is 64.6 Å². The van der Waals surface area contributed by atoms with Gasteiger partial charge in [0.1, 0.15) is 0 Å². The second kappa shape index (κ2) is 5.99. The van der Waals surface area contributed by atoms with Crippen molar-refractivity contribution in [2.24, 2.45) is 5.92 Å². The fourth-order valence-corrected chi connectivity index (χ4v) is 2.47. The SMILES string of the molecule is CC(C)CC(CO)NC1CCOC(C)(C)C1. The summed E-state index contributed by atoms with van der Waals surface area (Å²) in [5, 5.41) is 12.9. The zero-order valence-electron chi connectivity index (χ0n) is 11.1. The van der Waals surface area contributed by atoms with Crippen molar-refractivity contribution in [3.8, 4) is 0 Å². The van der Waals surface area contributed by atoms with E-state index in [-0.39, 0.29) is 18.2 Å². The molecule has 1 aliphatic rings. The van der Waals surface area contributed by atoms with Gasteiger partial charge in [0.15, 0.2) is 0 Å². The summed E-state index contributed by atoms with van der Waals surface area (Å²) in [5.74, 6) is 0.623. The van der Waals surface area contributed by atoms with E-state index in [9.17, 15) is 5.11 Å². The average Bonchev–Trinajstić information content (AvgIpc) is 2.14. The molecule has 0 aromatic heterocycles. The van der Waals surface area contributed by atoms with Gasteiger partial charge in [-0.05, 0) is 39.0 Å². The van der Waals surface area contributed by atoms with Crippen LogP contribution in [0.15, 0.2) is 0 Å². The molecule has 0 aromatic rings. The maximum atomic E-state index is 9.34. The molecule has 1 aliphatic heterocycles. The second-order valence-electron chi connectivity index (χ2n) is 5.97. The monoisotopic (exact) mass is 229 g/mol. The van der Waals surface area contributed by atoms with Crippen LogP contribution in [-0.4, -0.2) is 36.0 Å². The van der Waals surface area contributed by atoms with E-state index in [0.717, 1.165) is 25.9 Å². The molecule has 1 heterocycles. The fraction of sp³-hybridized carbons (Fsp3) is 1.00. The highest BCUT2D eigenvalue weighted by molar-refractivity contribution is 4.85. The Morgan fingerprint density at radius 1 is 1.44 bits per heavy atom. The molecule has 3 heteroatoms. The predicted octanol–water partition coefficient (Wildman–Crippen LogP) is 1.94. The third-order valence-electron chi connectivity index (χ3n) is 3.14. The number of aliphatic hydroxyl groups is 1. The van der Waals surface area contributed by atoms with Gasteiger partial charge in [-0.3, -0.25) is 0 Å². The maximum Gasteiger partial charge on any atom is 0.0641 e. The minimum absolute atomic E-state index is 0.0201. The van der Waals surface area contributed by atoms with Gasteiger partial charge in [0, 0.05) is 18.7 Å². The minimum Gasteiger partial charge on any atom is -0.395 e. The Labute approximate surface area is 99.6 Å². The first-order valence-electron chi connectivity index (χ1n) is 6.44. The van der Waals surface area contributed by atoms with Crippen LogP contribution in [0.1, 0.15) is 47.0 Å². The number of hydrogen-bond donors (Lipinski definition) is 2. The maximum absolute atomic E-state index is 9.34. The summed E-state index contributed by atoms with van der Waals surface area (Å²) in [5.41, 5.74) is -0.0201. The standard InChI is InChI=1S/C13H27NO2/c1-10(2)7-12(9-15)14-11-5-6-16-13(3,4)8-11/h10-12,14-15H,5-9H2,1-4H3. The quantitative estimate of drug-likeness (QED) is 0.757. The van der Waals surface area contributed by atoms with E-state index in [4.69, 9.17) is 4.74 Å². The van der Waals surface area contributed by atoms with Crippen LogP contribution in [0, 0.1) is 5.92 Å². The van der Waals surface area contributed by atoms with Crippen LogP contribution in [0.4, 0.5) is 0 Å². The van der Waals surface area contributed by atoms with E-state index in [2.05, 4.69) is 33.0 Å². The highest BCUT2D eigenvalue weighted by atomic mass is 16.5. The van der Waals surface area contributed by atoms with Gasteiger partial charge in [0.2, 0.25) is 0 Å². The molecule has 0 amide bonds. The first-order valence-corrected chi connectivity index (χ1v) is 6.44. The van der Waals surface area contributed by atoms with Crippen LogP contribution in [0.3, 0.4) is 0 Å². The molecule has 16 heavy (non-hydrogen) atoms. The molecule has 2 atom stereocenters. The van der Waals surface area contributed by atoms with Crippen molar-refractivity contribution in [3.63, 3.8) is 0 Å². The largest absolute Gasteiger partial charge is 0.395 e. The van der Waals surface area contributed by atoms with Crippen LogP contribution in [-0.2, 0) is 4.74 Å². The van der Waals surface area contributed by atoms with Gasteiger partial charge in [-0.25, -0.2) is 0 Å². The molecule has 1 fully saturated rings. The molecule has 2 unspecified atom stereocenters. The zero-order chi connectivity index (χ0) is 12.2. The van der Waals surface area contributed by atoms with E-state index in [1.54, 1.807) is 0 Å². The summed E-state index contributed by atoms with van der Waals surface area (Å²) in [6.07, 6.45) is 3.12. The van der Waals surface area contributed by atoms with Crippen molar-refractivity contribution in [1.82, 2.24) is 5.32 Å². The summed E-state index contributed by atoms with van der Waals surface area (Å²) >= 11 is 0. The average molecular weight is 229 g/mol. The lowest BCUT2D eigenvalue weighted by atomic mass is 9.92. The number of hydrogen-bond acceptors (Lipinski definition) is 3. The number of nitrogens with one attached hydrogen (secondary N) is 1. The molecule has 0 radical (unpaired) electrons. The Bertz CT molecular complexity index is 204. The zero-order valence-corrected chi connectivity index (χ0v) is 11.1. The first kappa shape index (κ1) is 13.9. The topological polar surface area (TPSA) is 41.5 Å². The molecule has 0 spiro atoms. The molecule has 0 aliphatic carbocycles. The van der Waals surface area contributed by atoms with Crippen LogP contribution < -0.4 is 5.32 Å². The Morgan fingerprint density at radius 3 is 2.62 bits per heavy atom. The minimum atomic E-state index is -0.0201. The molecule has 1 saturated heterocycles. The lowest BCUT2D eigenvalue weighted by Crippen LogP contribution is -2.48. The molecule has 3 nitrogen and oxygen atoms in total. The third-order valence-corrected chi connectivity index (χ3v) is 3.14. The van der Waals surface area contributed by atoms with Crippen molar-refractivity contribution in [1.29, 1.82) is 0 Å². The van der Waals surface area contributed by atoms with Gasteiger partial charge in [0.25, 0.3) is 0 Å². The molecule has 0 saturated carbocycles. The lowest BCUT2D eigenvalue weighted by molar-refractivity contribution is -0.0651. The summed E-state index contributed by atoms with van der Waals surface area (Å²) in [4.78, 5) is 0. The highest BCUT2D eigenvalue weighted by Gasteiger charge is 2.29. The van der Waals surface area contributed by atoms with Crippen LogP contribution >= 0.6 is 0 Å². The number of ether oxygens (including phenoxy) is 1. The number of aliphatic hydroxyl groups excluding tert-OH is 1.